The van der Waals surface area contributed by atoms with E-state index >= 15 is 0 Å². The zero-order chi connectivity index (χ0) is 14.8. The largest absolute Gasteiger partial charge is 0.386 e. The number of benzene rings is 1. The smallest absolute Gasteiger partial charge is 0.123 e. The first-order valence-corrected chi connectivity index (χ1v) is 7.25. The Hall–Kier alpha value is -0.970. The van der Waals surface area contributed by atoms with E-state index in [-0.39, 0.29) is 5.82 Å². The van der Waals surface area contributed by atoms with Gasteiger partial charge in [0.2, 0.25) is 0 Å². The van der Waals surface area contributed by atoms with Gasteiger partial charge < -0.3 is 9.84 Å². The van der Waals surface area contributed by atoms with Gasteiger partial charge >= 0.3 is 0 Å². The van der Waals surface area contributed by atoms with Crippen molar-refractivity contribution >= 4 is 0 Å². The molecule has 0 bridgehead atoms. The van der Waals surface area contributed by atoms with Crippen LogP contribution in [-0.2, 0) is 4.74 Å². The van der Waals surface area contributed by atoms with E-state index in [1.165, 1.54) is 12.1 Å². The fourth-order valence-electron chi connectivity index (χ4n) is 2.95. The summed E-state index contributed by atoms with van der Waals surface area (Å²) >= 11 is 0. The van der Waals surface area contributed by atoms with Crippen molar-refractivity contribution < 1.29 is 14.2 Å². The van der Waals surface area contributed by atoms with Crippen LogP contribution >= 0.6 is 0 Å². The van der Waals surface area contributed by atoms with Crippen molar-refractivity contribution in [3.05, 3.63) is 35.1 Å². The summed E-state index contributed by atoms with van der Waals surface area (Å²) in [7, 11) is 0. The summed E-state index contributed by atoms with van der Waals surface area (Å²) in [5.74, 6) is -0.292. The molecule has 0 spiro atoms. The van der Waals surface area contributed by atoms with Crippen molar-refractivity contribution in [1.82, 2.24) is 4.90 Å². The first-order chi connectivity index (χ1) is 9.47. The predicted octanol–water partition coefficient (Wildman–Crippen LogP) is 2.67. The molecule has 1 aliphatic heterocycles. The van der Waals surface area contributed by atoms with E-state index in [0.29, 0.717) is 18.8 Å². The van der Waals surface area contributed by atoms with E-state index in [2.05, 4.69) is 11.8 Å². The molecule has 1 heterocycles. The van der Waals surface area contributed by atoms with Gasteiger partial charge in [-0.15, -0.1) is 0 Å². The van der Waals surface area contributed by atoms with Crippen LogP contribution < -0.4 is 0 Å². The van der Waals surface area contributed by atoms with E-state index in [1.807, 2.05) is 19.9 Å². The number of morpholine rings is 1. The Morgan fingerprint density at radius 2 is 2.00 bits per heavy atom. The molecule has 1 fully saturated rings. The quantitative estimate of drug-likeness (QED) is 0.921. The van der Waals surface area contributed by atoms with E-state index < -0.39 is 11.6 Å². The molecule has 1 saturated heterocycles. The Labute approximate surface area is 120 Å². The van der Waals surface area contributed by atoms with Gasteiger partial charge in [0.05, 0.1) is 19.3 Å². The SMILES string of the molecule is CCC(C)(C(O)c1cc(C)cc(F)c1)N1CCOCC1. The molecular formula is C16H24FNO2. The van der Waals surface area contributed by atoms with Gasteiger partial charge in [0.1, 0.15) is 5.82 Å². The minimum Gasteiger partial charge on any atom is -0.386 e. The molecule has 112 valence electrons. The lowest BCUT2D eigenvalue weighted by atomic mass is 9.84. The zero-order valence-electron chi connectivity index (χ0n) is 12.5. The number of hydrogen-bond donors (Lipinski definition) is 1. The highest BCUT2D eigenvalue weighted by molar-refractivity contribution is 5.27. The van der Waals surface area contributed by atoms with Gasteiger partial charge in [0.15, 0.2) is 0 Å². The van der Waals surface area contributed by atoms with Gasteiger partial charge in [0.25, 0.3) is 0 Å². The highest BCUT2D eigenvalue weighted by Gasteiger charge is 2.39. The number of ether oxygens (including phenoxy) is 1. The second-order valence-corrected chi connectivity index (χ2v) is 5.77. The molecule has 1 aromatic rings. The zero-order valence-corrected chi connectivity index (χ0v) is 12.5. The minimum atomic E-state index is -0.708. The predicted molar refractivity (Wildman–Crippen MR) is 77.2 cm³/mol. The van der Waals surface area contributed by atoms with Crippen LogP contribution in [0.25, 0.3) is 0 Å². The number of halogens is 1. The van der Waals surface area contributed by atoms with E-state index in [1.54, 1.807) is 0 Å². The van der Waals surface area contributed by atoms with Crippen LogP contribution in [0, 0.1) is 12.7 Å². The summed E-state index contributed by atoms with van der Waals surface area (Å²) < 4.78 is 19.0. The third kappa shape index (κ3) is 3.03. The average Bonchev–Trinajstić information content (AvgIpc) is 2.45. The molecule has 2 unspecified atom stereocenters. The molecule has 1 aliphatic rings. The molecule has 2 atom stereocenters. The topological polar surface area (TPSA) is 32.7 Å². The lowest BCUT2D eigenvalue weighted by Crippen LogP contribution is -2.54. The second-order valence-electron chi connectivity index (χ2n) is 5.77. The van der Waals surface area contributed by atoms with Crippen LogP contribution in [0.1, 0.15) is 37.5 Å². The molecule has 0 aromatic heterocycles. The van der Waals surface area contributed by atoms with Crippen molar-refractivity contribution in [1.29, 1.82) is 0 Å². The lowest BCUT2D eigenvalue weighted by molar-refractivity contribution is -0.0735. The summed E-state index contributed by atoms with van der Waals surface area (Å²) in [5, 5.41) is 10.8. The molecule has 0 radical (unpaired) electrons. The fraction of sp³-hybridized carbons (Fsp3) is 0.625. The van der Waals surface area contributed by atoms with Gasteiger partial charge in [-0.3, -0.25) is 4.90 Å². The normalized spacial score (nSPS) is 21.4. The molecule has 3 nitrogen and oxygen atoms in total. The van der Waals surface area contributed by atoms with Crippen molar-refractivity contribution in [2.45, 2.75) is 38.8 Å². The minimum absolute atomic E-state index is 0.292. The Balaban J connectivity index is 2.29. The van der Waals surface area contributed by atoms with Crippen LogP contribution in [0.15, 0.2) is 18.2 Å². The standard InChI is InChI=1S/C16H24FNO2/c1-4-16(3,18-5-7-20-8-6-18)15(19)13-9-12(2)10-14(17)11-13/h9-11,15,19H,4-8H2,1-3H3. The van der Waals surface area contributed by atoms with Gasteiger partial charge in [-0.25, -0.2) is 4.39 Å². The number of nitrogens with zero attached hydrogens (tertiary/aromatic N) is 1. The third-order valence-electron chi connectivity index (χ3n) is 4.42. The van der Waals surface area contributed by atoms with Gasteiger partial charge in [0, 0.05) is 18.6 Å². The van der Waals surface area contributed by atoms with Crippen molar-refractivity contribution in [3.8, 4) is 0 Å². The van der Waals surface area contributed by atoms with Crippen LogP contribution in [0.5, 0.6) is 0 Å². The van der Waals surface area contributed by atoms with Crippen LogP contribution in [0.3, 0.4) is 0 Å². The molecule has 4 heteroatoms. The van der Waals surface area contributed by atoms with E-state index in [4.69, 9.17) is 4.74 Å². The number of aliphatic hydroxyl groups is 1. The molecular weight excluding hydrogens is 257 g/mol. The molecule has 20 heavy (non-hydrogen) atoms. The molecule has 0 amide bonds. The van der Waals surface area contributed by atoms with Crippen LogP contribution in [0.2, 0.25) is 0 Å². The maximum Gasteiger partial charge on any atom is 0.123 e. The Bertz CT molecular complexity index is 440. The van der Waals surface area contributed by atoms with E-state index in [0.717, 1.165) is 25.1 Å². The maximum absolute atomic E-state index is 13.6. The first kappa shape index (κ1) is 15.4. The van der Waals surface area contributed by atoms with Gasteiger partial charge in [-0.1, -0.05) is 13.0 Å². The summed E-state index contributed by atoms with van der Waals surface area (Å²) in [5.41, 5.74) is 1.09. The number of rotatable bonds is 4. The summed E-state index contributed by atoms with van der Waals surface area (Å²) in [6.07, 6.45) is 0.0870. The average molecular weight is 281 g/mol. The maximum atomic E-state index is 13.6. The Morgan fingerprint density at radius 1 is 1.35 bits per heavy atom. The fourth-order valence-corrected chi connectivity index (χ4v) is 2.95. The Kier molecular flexibility index (Phi) is 4.78. The molecule has 2 rings (SSSR count). The number of aryl methyl sites for hydroxylation is 1. The first-order valence-electron chi connectivity index (χ1n) is 7.25. The van der Waals surface area contributed by atoms with Gasteiger partial charge in [-0.05, 0) is 43.5 Å². The number of aliphatic hydroxyl groups excluding tert-OH is 1. The van der Waals surface area contributed by atoms with Gasteiger partial charge in [-0.2, -0.15) is 0 Å². The molecule has 0 aliphatic carbocycles. The highest BCUT2D eigenvalue weighted by atomic mass is 19.1. The molecule has 1 N–H and O–H groups in total. The van der Waals surface area contributed by atoms with Crippen molar-refractivity contribution in [3.63, 3.8) is 0 Å². The monoisotopic (exact) mass is 281 g/mol. The Morgan fingerprint density at radius 3 is 2.55 bits per heavy atom. The molecule has 1 aromatic carbocycles. The molecule has 0 saturated carbocycles. The van der Waals surface area contributed by atoms with Crippen molar-refractivity contribution in [2.75, 3.05) is 26.3 Å². The number of hydrogen-bond acceptors (Lipinski definition) is 3. The van der Waals surface area contributed by atoms with Crippen LogP contribution in [0.4, 0.5) is 4.39 Å². The summed E-state index contributed by atoms with van der Waals surface area (Å²) in [6, 6.07) is 4.78. The lowest BCUT2D eigenvalue weighted by Gasteiger charge is -2.46. The van der Waals surface area contributed by atoms with E-state index in [9.17, 15) is 9.50 Å². The summed E-state index contributed by atoms with van der Waals surface area (Å²) in [6.45, 7) is 8.92. The van der Waals surface area contributed by atoms with Crippen molar-refractivity contribution in [2.24, 2.45) is 0 Å². The van der Waals surface area contributed by atoms with Crippen LogP contribution in [-0.4, -0.2) is 41.8 Å². The summed E-state index contributed by atoms with van der Waals surface area (Å²) in [4.78, 5) is 2.25. The highest BCUT2D eigenvalue weighted by Crippen LogP contribution is 2.35. The second kappa shape index (κ2) is 6.20. The third-order valence-corrected chi connectivity index (χ3v) is 4.42.